The number of hydrogen-bond donors (Lipinski definition) is 8. The van der Waals surface area contributed by atoms with Crippen molar-refractivity contribution in [2.24, 2.45) is 33.8 Å². The van der Waals surface area contributed by atoms with Crippen molar-refractivity contribution in [1.82, 2.24) is 15.0 Å². The zero-order valence-electron chi connectivity index (χ0n) is 25.7. The zero-order valence-corrected chi connectivity index (χ0v) is 27.3. The van der Waals surface area contributed by atoms with E-state index in [1.165, 1.54) is 48.5 Å². The lowest BCUT2D eigenvalue weighted by Gasteiger charge is -2.16. The summed E-state index contributed by atoms with van der Waals surface area (Å²) >= 11 is 0. The van der Waals surface area contributed by atoms with Crippen LogP contribution in [0.5, 0.6) is 11.8 Å². The first kappa shape index (κ1) is 36.8. The maximum atomic E-state index is 12.9. The number of benzene rings is 4. The Kier molecular flexibility index (Phi) is 10.5. The molecule has 52 heavy (non-hydrogen) atoms. The van der Waals surface area contributed by atoms with Gasteiger partial charge in [-0.2, -0.15) is 63.9 Å². The standard InChI is InChI=1S/C27H23N11O12S2/c28-47-23(40)14-5-1-3-7-16(14)32-25-34-26(36-27(42)35-25)33-18-11-13(51(43,44)49-30)9-12-10-19(52(45,46)50-31)21(22(39)20(12)18)38-37-17-8-4-2-6-15(17)24(41)48-29/h1-11,39H,28-31H2,(H3,32,33,34,35,36,42). The van der Waals surface area contributed by atoms with Crippen LogP contribution in [-0.4, -0.2) is 53.9 Å². The van der Waals surface area contributed by atoms with Crippen LogP contribution in [0.15, 0.2) is 86.7 Å². The summed E-state index contributed by atoms with van der Waals surface area (Å²) in [6.07, 6.45) is 0. The molecule has 1 aromatic heterocycles. The van der Waals surface area contributed by atoms with E-state index in [0.717, 1.165) is 18.2 Å². The fourth-order valence-electron chi connectivity index (χ4n) is 4.55. The number of azo groups is 1. The van der Waals surface area contributed by atoms with Crippen molar-refractivity contribution in [3.05, 3.63) is 77.9 Å². The molecule has 4 aromatic carbocycles. The molecule has 0 unspecified atom stereocenters. The molecule has 0 saturated carbocycles. The minimum absolute atomic E-state index is 0.0496. The summed E-state index contributed by atoms with van der Waals surface area (Å²) in [6.45, 7) is 0. The van der Waals surface area contributed by atoms with Gasteiger partial charge in [0.2, 0.25) is 11.9 Å². The molecule has 0 atom stereocenters. The highest BCUT2D eigenvalue weighted by Gasteiger charge is 2.28. The van der Waals surface area contributed by atoms with E-state index >= 15 is 0 Å². The third-order valence-electron chi connectivity index (χ3n) is 6.79. The lowest BCUT2D eigenvalue weighted by molar-refractivity contribution is 0.0496. The second-order valence-corrected chi connectivity index (χ2v) is 13.0. The number of carbonyl (C=O) groups is 2. The smallest absolute Gasteiger partial charge is 0.358 e. The fraction of sp³-hybridized carbons (Fsp3) is 0. The summed E-state index contributed by atoms with van der Waals surface area (Å²) in [4.78, 5) is 42.8. The number of hydrogen-bond acceptors (Lipinski definition) is 23. The molecule has 0 bridgehead atoms. The van der Waals surface area contributed by atoms with Crippen LogP contribution >= 0.6 is 0 Å². The van der Waals surface area contributed by atoms with Gasteiger partial charge in [0.1, 0.15) is 16.3 Å². The Bertz CT molecular complexity index is 2480. The lowest BCUT2D eigenvalue weighted by Crippen LogP contribution is -2.13. The Morgan fingerprint density at radius 2 is 1.27 bits per heavy atom. The predicted molar refractivity (Wildman–Crippen MR) is 175 cm³/mol. The minimum Gasteiger partial charge on any atom is -0.505 e. The van der Waals surface area contributed by atoms with Crippen molar-refractivity contribution in [2.75, 3.05) is 10.6 Å². The molecule has 5 aromatic rings. The number of carbonyl (C=O) groups excluding carboxylic acids is 2. The topological polar surface area (TPSA) is 371 Å². The molecular formula is C27H23N11O12S2. The largest absolute Gasteiger partial charge is 0.505 e. The van der Waals surface area contributed by atoms with Crippen LogP contribution in [-0.2, 0) is 38.5 Å². The van der Waals surface area contributed by atoms with E-state index in [1.54, 1.807) is 0 Å². The van der Waals surface area contributed by atoms with E-state index in [0.29, 0.717) is 0 Å². The van der Waals surface area contributed by atoms with Gasteiger partial charge in [-0.25, -0.2) is 9.59 Å². The van der Waals surface area contributed by atoms with Gasteiger partial charge in [0.15, 0.2) is 5.75 Å². The first-order valence-corrected chi connectivity index (χ1v) is 16.6. The Morgan fingerprint density at radius 3 is 1.90 bits per heavy atom. The van der Waals surface area contributed by atoms with Gasteiger partial charge in [-0.05, 0) is 47.9 Å². The Hall–Kier alpha value is -6.45. The van der Waals surface area contributed by atoms with E-state index in [2.05, 4.69) is 54.1 Å². The first-order chi connectivity index (χ1) is 24.7. The van der Waals surface area contributed by atoms with Crippen LogP contribution in [0.4, 0.5) is 34.6 Å². The van der Waals surface area contributed by atoms with Gasteiger partial charge in [0.05, 0.1) is 27.4 Å². The number of para-hydroxylation sites is 1. The molecule has 0 aliphatic rings. The maximum Gasteiger partial charge on any atom is 0.358 e. The summed E-state index contributed by atoms with van der Waals surface area (Å²) in [5.41, 5.74) is -1.54. The first-order valence-electron chi connectivity index (χ1n) is 13.7. The van der Waals surface area contributed by atoms with Crippen LogP contribution in [0.1, 0.15) is 20.7 Å². The van der Waals surface area contributed by atoms with Gasteiger partial charge in [0.25, 0.3) is 0 Å². The molecular weight excluding hydrogens is 734 g/mol. The maximum absolute atomic E-state index is 12.9. The molecule has 5 rings (SSSR count). The minimum atomic E-state index is -4.95. The lowest BCUT2D eigenvalue weighted by atomic mass is 10.1. The SMILES string of the molecule is NOC(=O)c1ccccc1N=Nc1c(S(=O)(=O)ON)cc2cc(S(=O)(=O)ON)cc(Nc3nc(O)nc(Nc4ccccc4C(=O)ON)n3)c2c1O. The van der Waals surface area contributed by atoms with E-state index in [4.69, 9.17) is 23.6 Å². The second-order valence-electron chi connectivity index (χ2n) is 9.85. The number of anilines is 4. The van der Waals surface area contributed by atoms with E-state index in [9.17, 15) is 36.6 Å². The van der Waals surface area contributed by atoms with Gasteiger partial charge >= 0.3 is 38.2 Å². The predicted octanol–water partition coefficient (Wildman–Crippen LogP) is 1.56. The molecule has 0 spiro atoms. The summed E-state index contributed by atoms with van der Waals surface area (Å²) in [5.74, 6) is 16.2. The molecule has 0 amide bonds. The number of aromatic hydroxyl groups is 2. The number of rotatable bonds is 12. The molecule has 270 valence electrons. The van der Waals surface area contributed by atoms with Gasteiger partial charge in [-0.15, -0.1) is 10.2 Å². The summed E-state index contributed by atoms with van der Waals surface area (Å²) < 4.78 is 59.6. The van der Waals surface area contributed by atoms with Gasteiger partial charge < -0.3 is 30.5 Å². The quantitative estimate of drug-likeness (QED) is 0.0661. The van der Waals surface area contributed by atoms with Crippen molar-refractivity contribution in [3.63, 3.8) is 0 Å². The van der Waals surface area contributed by atoms with E-state index in [1.807, 2.05) is 0 Å². The van der Waals surface area contributed by atoms with Gasteiger partial charge in [-0.1, -0.05) is 24.3 Å². The molecule has 0 saturated heterocycles. The molecule has 0 aliphatic heterocycles. The normalized spacial score (nSPS) is 11.8. The number of fused-ring (bicyclic) bond motifs is 1. The highest BCUT2D eigenvalue weighted by Crippen LogP contribution is 2.46. The molecule has 23 nitrogen and oxygen atoms in total. The van der Waals surface area contributed by atoms with E-state index < -0.39 is 65.4 Å². The Labute approximate surface area is 290 Å². The Balaban J connectivity index is 1.73. The van der Waals surface area contributed by atoms with Crippen molar-refractivity contribution >= 4 is 77.6 Å². The molecule has 0 fully saturated rings. The third-order valence-corrected chi connectivity index (χ3v) is 8.96. The average molecular weight is 758 g/mol. The van der Waals surface area contributed by atoms with Crippen molar-refractivity contribution in [2.45, 2.75) is 9.79 Å². The van der Waals surface area contributed by atoms with Crippen LogP contribution in [0.3, 0.4) is 0 Å². The van der Waals surface area contributed by atoms with Crippen LogP contribution in [0.25, 0.3) is 10.8 Å². The van der Waals surface area contributed by atoms with Crippen LogP contribution < -0.4 is 34.2 Å². The van der Waals surface area contributed by atoms with Crippen molar-refractivity contribution in [3.8, 4) is 11.8 Å². The highest BCUT2D eigenvalue weighted by molar-refractivity contribution is 7.87. The average Bonchev–Trinajstić information content (AvgIpc) is 3.13. The highest BCUT2D eigenvalue weighted by atomic mass is 32.2. The molecule has 25 heteroatoms. The summed E-state index contributed by atoms with van der Waals surface area (Å²) in [5, 5.41) is 34.2. The number of phenols is 1. The molecule has 0 aliphatic carbocycles. The molecule has 12 N–H and O–H groups in total. The number of nitrogens with one attached hydrogen (secondary N) is 2. The fourth-order valence-corrected chi connectivity index (χ4v) is 5.94. The number of phenolic OH excluding ortho intramolecular Hbond substituents is 1. The van der Waals surface area contributed by atoms with Crippen molar-refractivity contribution in [1.29, 1.82) is 0 Å². The third kappa shape index (κ3) is 7.50. The monoisotopic (exact) mass is 757 g/mol. The number of nitrogens with two attached hydrogens (primary N) is 4. The Morgan fingerprint density at radius 1 is 0.692 bits per heavy atom. The van der Waals surface area contributed by atoms with E-state index in [-0.39, 0.29) is 44.9 Å². The van der Waals surface area contributed by atoms with Crippen LogP contribution in [0, 0.1) is 0 Å². The summed E-state index contributed by atoms with van der Waals surface area (Å²) in [7, 11) is -9.67. The zero-order chi connectivity index (χ0) is 37.8. The number of nitrogens with zero attached hydrogens (tertiary/aromatic N) is 5. The van der Waals surface area contributed by atoms with Gasteiger partial charge in [-0.3, -0.25) is 0 Å². The van der Waals surface area contributed by atoms with Crippen molar-refractivity contribution < 1.29 is 54.9 Å². The second kappa shape index (κ2) is 14.8. The molecule has 1 heterocycles. The number of aromatic nitrogens is 3. The summed E-state index contributed by atoms with van der Waals surface area (Å²) in [6, 6.07) is 13.0. The van der Waals surface area contributed by atoms with Gasteiger partial charge in [0, 0.05) is 5.39 Å². The van der Waals surface area contributed by atoms with Crippen LogP contribution in [0.2, 0.25) is 0 Å². The molecule has 0 radical (unpaired) electrons.